The number of aromatic carboxylic acids is 1. The Labute approximate surface area is 162 Å². The van der Waals surface area contributed by atoms with E-state index in [9.17, 15) is 9.59 Å². The molecule has 0 aliphatic carbocycles. The molecule has 6 nitrogen and oxygen atoms in total. The highest BCUT2D eigenvalue weighted by molar-refractivity contribution is 5.98. The molecule has 1 amide bonds. The van der Waals surface area contributed by atoms with Crippen molar-refractivity contribution in [1.29, 1.82) is 0 Å². The number of carboxylic acid groups (broad SMARTS) is 1. The van der Waals surface area contributed by atoms with E-state index < -0.39 is 11.9 Å². The van der Waals surface area contributed by atoms with Crippen LogP contribution in [0.3, 0.4) is 0 Å². The minimum atomic E-state index is -1.06. The van der Waals surface area contributed by atoms with Gasteiger partial charge in [0.25, 0.3) is 5.91 Å². The van der Waals surface area contributed by atoms with E-state index >= 15 is 0 Å². The number of hydrazone groups is 1. The molecule has 6 heteroatoms. The maximum absolute atomic E-state index is 12.0. The van der Waals surface area contributed by atoms with E-state index in [1.54, 1.807) is 24.3 Å². The van der Waals surface area contributed by atoms with Gasteiger partial charge in [0.15, 0.2) is 6.61 Å². The first-order chi connectivity index (χ1) is 13.6. The number of carbonyl (C=O) groups is 2. The standard InChI is InChI=1S/C22H18N2O4/c25-21(24-23-14-17-10-4-5-12-19(17)22(26)27)15-28-20-13-7-6-11-18(20)16-8-2-1-3-9-16/h1-14H,15H2,(H,24,25)(H,26,27)/b23-14+. The first-order valence-corrected chi connectivity index (χ1v) is 8.56. The normalized spacial score (nSPS) is 10.6. The Kier molecular flexibility index (Phi) is 6.15. The molecule has 0 bridgehead atoms. The molecule has 2 N–H and O–H groups in total. The number of nitrogens with one attached hydrogen (secondary N) is 1. The second kappa shape index (κ2) is 9.14. The summed E-state index contributed by atoms with van der Waals surface area (Å²) in [6.07, 6.45) is 1.29. The maximum atomic E-state index is 12.0. The zero-order chi connectivity index (χ0) is 19.8. The van der Waals surface area contributed by atoms with Crippen LogP contribution >= 0.6 is 0 Å². The molecular formula is C22H18N2O4. The third kappa shape index (κ3) is 4.82. The number of carbonyl (C=O) groups excluding carboxylic acids is 1. The number of hydrogen-bond acceptors (Lipinski definition) is 4. The topological polar surface area (TPSA) is 88.0 Å². The van der Waals surface area contributed by atoms with E-state index in [0.717, 1.165) is 11.1 Å². The minimum absolute atomic E-state index is 0.105. The van der Waals surface area contributed by atoms with Gasteiger partial charge in [0.05, 0.1) is 11.8 Å². The number of nitrogens with zero attached hydrogens (tertiary/aromatic N) is 1. The first-order valence-electron chi connectivity index (χ1n) is 8.56. The fraction of sp³-hybridized carbons (Fsp3) is 0.0455. The smallest absolute Gasteiger partial charge is 0.336 e. The molecule has 3 aromatic rings. The molecule has 3 aromatic carbocycles. The average molecular weight is 374 g/mol. The lowest BCUT2D eigenvalue weighted by Crippen LogP contribution is -2.24. The van der Waals surface area contributed by atoms with Crippen LogP contribution in [0.15, 0.2) is 84.0 Å². The van der Waals surface area contributed by atoms with Crippen molar-refractivity contribution in [3.8, 4) is 16.9 Å². The fourth-order valence-corrected chi connectivity index (χ4v) is 2.60. The van der Waals surface area contributed by atoms with Gasteiger partial charge in [0, 0.05) is 11.1 Å². The predicted octanol–water partition coefficient (Wildman–Crippen LogP) is 3.58. The molecule has 0 fully saturated rings. The third-order valence-corrected chi connectivity index (χ3v) is 3.91. The summed E-state index contributed by atoms with van der Waals surface area (Å²) in [7, 11) is 0. The number of para-hydroxylation sites is 1. The molecule has 0 aliphatic heterocycles. The van der Waals surface area contributed by atoms with Crippen molar-refractivity contribution in [3.05, 3.63) is 90.0 Å². The minimum Gasteiger partial charge on any atom is -0.483 e. The van der Waals surface area contributed by atoms with Gasteiger partial charge in [-0.1, -0.05) is 66.7 Å². The lowest BCUT2D eigenvalue weighted by Gasteiger charge is -2.10. The van der Waals surface area contributed by atoms with E-state index in [1.807, 2.05) is 48.5 Å². The molecule has 0 radical (unpaired) electrons. The molecule has 140 valence electrons. The summed E-state index contributed by atoms with van der Waals surface area (Å²) in [6.45, 7) is -0.220. The Hall–Kier alpha value is -3.93. The van der Waals surface area contributed by atoms with E-state index in [0.29, 0.717) is 11.3 Å². The summed E-state index contributed by atoms with van der Waals surface area (Å²) in [5.74, 6) is -0.926. The largest absolute Gasteiger partial charge is 0.483 e. The van der Waals surface area contributed by atoms with Gasteiger partial charge in [-0.05, 0) is 17.7 Å². The maximum Gasteiger partial charge on any atom is 0.336 e. The highest BCUT2D eigenvalue weighted by Gasteiger charge is 2.09. The van der Waals surface area contributed by atoms with Gasteiger partial charge in [-0.15, -0.1) is 0 Å². The zero-order valence-electron chi connectivity index (χ0n) is 14.9. The molecule has 3 rings (SSSR count). The van der Waals surface area contributed by atoms with Gasteiger partial charge < -0.3 is 9.84 Å². The fourth-order valence-electron chi connectivity index (χ4n) is 2.60. The summed E-state index contributed by atoms with van der Waals surface area (Å²) < 4.78 is 5.64. The van der Waals surface area contributed by atoms with Crippen molar-refractivity contribution >= 4 is 18.1 Å². The number of ether oxygens (including phenoxy) is 1. The van der Waals surface area contributed by atoms with Gasteiger partial charge in [-0.3, -0.25) is 4.79 Å². The summed E-state index contributed by atoms with van der Waals surface area (Å²) in [5, 5.41) is 12.9. The summed E-state index contributed by atoms with van der Waals surface area (Å²) in [5.41, 5.74) is 4.71. The second-order valence-electron chi connectivity index (χ2n) is 5.84. The third-order valence-electron chi connectivity index (χ3n) is 3.91. The zero-order valence-corrected chi connectivity index (χ0v) is 14.9. The highest BCUT2D eigenvalue weighted by Crippen LogP contribution is 2.29. The molecule has 0 saturated heterocycles. The van der Waals surface area contributed by atoms with E-state index in [4.69, 9.17) is 9.84 Å². The van der Waals surface area contributed by atoms with Gasteiger partial charge in [-0.25, -0.2) is 10.2 Å². The Morgan fingerprint density at radius 2 is 1.61 bits per heavy atom. The quantitative estimate of drug-likeness (QED) is 0.489. The Morgan fingerprint density at radius 3 is 2.39 bits per heavy atom. The highest BCUT2D eigenvalue weighted by atomic mass is 16.5. The monoisotopic (exact) mass is 374 g/mol. The summed E-state index contributed by atoms with van der Waals surface area (Å²) >= 11 is 0. The lowest BCUT2D eigenvalue weighted by atomic mass is 10.1. The lowest BCUT2D eigenvalue weighted by molar-refractivity contribution is -0.123. The van der Waals surface area contributed by atoms with E-state index in [1.165, 1.54) is 12.3 Å². The average Bonchev–Trinajstić information content (AvgIpc) is 2.73. The van der Waals surface area contributed by atoms with Crippen molar-refractivity contribution in [3.63, 3.8) is 0 Å². The molecule has 0 spiro atoms. The molecule has 0 heterocycles. The Bertz CT molecular complexity index is 1000. The van der Waals surface area contributed by atoms with Crippen LogP contribution in [0, 0.1) is 0 Å². The predicted molar refractivity (Wildman–Crippen MR) is 107 cm³/mol. The van der Waals surface area contributed by atoms with Crippen LogP contribution < -0.4 is 10.2 Å². The number of benzene rings is 3. The van der Waals surface area contributed by atoms with E-state index in [-0.39, 0.29) is 12.2 Å². The van der Waals surface area contributed by atoms with E-state index in [2.05, 4.69) is 10.5 Å². The van der Waals surface area contributed by atoms with Gasteiger partial charge >= 0.3 is 5.97 Å². The SMILES string of the molecule is O=C(COc1ccccc1-c1ccccc1)N/N=C/c1ccccc1C(=O)O. The number of hydrogen-bond donors (Lipinski definition) is 2. The van der Waals surface area contributed by atoms with Crippen LogP contribution in [0.4, 0.5) is 0 Å². The first kappa shape index (κ1) is 18.8. The van der Waals surface area contributed by atoms with Crippen LogP contribution in [0.5, 0.6) is 5.75 Å². The van der Waals surface area contributed by atoms with Crippen LogP contribution in [-0.4, -0.2) is 29.8 Å². The van der Waals surface area contributed by atoms with Gasteiger partial charge in [-0.2, -0.15) is 5.10 Å². The van der Waals surface area contributed by atoms with Crippen molar-refractivity contribution in [2.45, 2.75) is 0 Å². The van der Waals surface area contributed by atoms with Crippen LogP contribution in [0.2, 0.25) is 0 Å². The molecule has 0 atom stereocenters. The van der Waals surface area contributed by atoms with Crippen LogP contribution in [0.1, 0.15) is 15.9 Å². The molecule has 0 unspecified atom stereocenters. The van der Waals surface area contributed by atoms with Gasteiger partial charge in [0.1, 0.15) is 5.75 Å². The molecule has 0 aromatic heterocycles. The number of carboxylic acids is 1. The molecule has 0 aliphatic rings. The van der Waals surface area contributed by atoms with Gasteiger partial charge in [0.2, 0.25) is 0 Å². The summed E-state index contributed by atoms with van der Waals surface area (Å²) in [4.78, 5) is 23.2. The van der Waals surface area contributed by atoms with Crippen molar-refractivity contribution in [2.24, 2.45) is 5.10 Å². The van der Waals surface area contributed by atoms with Crippen LogP contribution in [0.25, 0.3) is 11.1 Å². The molecule has 28 heavy (non-hydrogen) atoms. The Morgan fingerprint density at radius 1 is 0.929 bits per heavy atom. The van der Waals surface area contributed by atoms with Crippen molar-refractivity contribution < 1.29 is 19.4 Å². The van der Waals surface area contributed by atoms with Crippen molar-refractivity contribution in [2.75, 3.05) is 6.61 Å². The van der Waals surface area contributed by atoms with Crippen molar-refractivity contribution in [1.82, 2.24) is 5.43 Å². The number of rotatable bonds is 7. The van der Waals surface area contributed by atoms with Crippen LogP contribution in [-0.2, 0) is 4.79 Å². The number of amides is 1. The Balaban J connectivity index is 1.61. The molecule has 0 saturated carbocycles. The summed E-state index contributed by atoms with van der Waals surface area (Å²) in [6, 6.07) is 23.6. The second-order valence-corrected chi connectivity index (χ2v) is 5.84. The molecular weight excluding hydrogens is 356 g/mol.